The summed E-state index contributed by atoms with van der Waals surface area (Å²) < 4.78 is 10.8. The summed E-state index contributed by atoms with van der Waals surface area (Å²) in [7, 11) is 7.38. The third kappa shape index (κ3) is 3.16. The third-order valence-electron chi connectivity index (χ3n) is 5.49. The minimum atomic E-state index is 0.517. The topological polar surface area (TPSA) is 91.2 Å². The molecule has 0 aromatic carbocycles. The molecule has 0 bridgehead atoms. The summed E-state index contributed by atoms with van der Waals surface area (Å²) in [5, 5.41) is 9.35. The number of rotatable bonds is 5. The summed E-state index contributed by atoms with van der Waals surface area (Å²) in [5.74, 6) is 3.34. The van der Waals surface area contributed by atoms with Crippen molar-refractivity contribution in [3.8, 4) is 28.7 Å². The first kappa shape index (κ1) is 19.7. The fraction of sp³-hybridized carbons (Fsp3) is 0.227. The van der Waals surface area contributed by atoms with E-state index in [9.17, 15) is 0 Å². The van der Waals surface area contributed by atoms with Crippen LogP contribution in [0.2, 0.25) is 0 Å². The first-order valence-electron chi connectivity index (χ1n) is 10.1. The molecular formula is C22H23N9O. The quantitative estimate of drug-likeness (QED) is 0.424. The van der Waals surface area contributed by atoms with Gasteiger partial charge in [-0.1, -0.05) is 0 Å². The van der Waals surface area contributed by atoms with E-state index in [4.69, 9.17) is 14.8 Å². The van der Waals surface area contributed by atoms with Gasteiger partial charge in [0.1, 0.15) is 17.1 Å². The van der Waals surface area contributed by atoms with Gasteiger partial charge in [0, 0.05) is 51.5 Å². The van der Waals surface area contributed by atoms with Gasteiger partial charge < -0.3 is 14.2 Å². The Kier molecular flexibility index (Phi) is 4.62. The van der Waals surface area contributed by atoms with Crippen molar-refractivity contribution in [3.63, 3.8) is 0 Å². The van der Waals surface area contributed by atoms with Crippen LogP contribution >= 0.6 is 0 Å². The zero-order valence-corrected chi connectivity index (χ0v) is 18.6. The van der Waals surface area contributed by atoms with Crippen LogP contribution in [0.5, 0.6) is 5.75 Å². The SMILES string of the molecule is COc1ccc(N(C)c2nc(-c3nccn3C)nn3cc(-c4ccn(C)n4)c(C)c23)nc1. The van der Waals surface area contributed by atoms with Crippen LogP contribution in [0.4, 0.5) is 11.6 Å². The summed E-state index contributed by atoms with van der Waals surface area (Å²) in [6.07, 6.45) is 9.21. The number of anilines is 2. The van der Waals surface area contributed by atoms with Crippen LogP contribution in [-0.4, -0.2) is 53.1 Å². The highest BCUT2D eigenvalue weighted by atomic mass is 16.5. The van der Waals surface area contributed by atoms with E-state index in [-0.39, 0.29) is 0 Å². The van der Waals surface area contributed by atoms with Crippen LogP contribution in [0, 0.1) is 6.92 Å². The van der Waals surface area contributed by atoms with Crippen molar-refractivity contribution in [2.24, 2.45) is 14.1 Å². The largest absolute Gasteiger partial charge is 0.495 e. The van der Waals surface area contributed by atoms with Crippen molar-refractivity contribution in [3.05, 3.63) is 54.7 Å². The molecule has 0 spiro atoms. The highest BCUT2D eigenvalue weighted by molar-refractivity contribution is 5.84. The third-order valence-corrected chi connectivity index (χ3v) is 5.49. The predicted molar refractivity (Wildman–Crippen MR) is 121 cm³/mol. The van der Waals surface area contributed by atoms with Crippen molar-refractivity contribution in [2.75, 3.05) is 19.1 Å². The molecule has 0 radical (unpaired) electrons. The van der Waals surface area contributed by atoms with Crippen LogP contribution < -0.4 is 9.64 Å². The number of hydrogen-bond donors (Lipinski definition) is 0. The second-order valence-corrected chi connectivity index (χ2v) is 7.57. The predicted octanol–water partition coefficient (Wildman–Crippen LogP) is 3.01. The Hall–Kier alpha value is -4.21. The molecule has 162 valence electrons. The normalized spacial score (nSPS) is 11.3. The Labute approximate surface area is 184 Å². The van der Waals surface area contributed by atoms with Crippen molar-refractivity contribution in [1.82, 2.24) is 38.9 Å². The first-order valence-corrected chi connectivity index (χ1v) is 10.1. The fourth-order valence-corrected chi connectivity index (χ4v) is 3.74. The van der Waals surface area contributed by atoms with Gasteiger partial charge in [0.25, 0.3) is 0 Å². The Morgan fingerprint density at radius 2 is 1.88 bits per heavy atom. The Morgan fingerprint density at radius 3 is 2.50 bits per heavy atom. The highest BCUT2D eigenvalue weighted by Gasteiger charge is 2.22. The molecule has 5 aromatic rings. The molecule has 0 aliphatic heterocycles. The minimum Gasteiger partial charge on any atom is -0.495 e. The lowest BCUT2D eigenvalue weighted by Gasteiger charge is -2.19. The Balaban J connectivity index is 1.74. The summed E-state index contributed by atoms with van der Waals surface area (Å²) >= 11 is 0. The number of hydrogen-bond acceptors (Lipinski definition) is 7. The van der Waals surface area contributed by atoms with E-state index in [1.165, 1.54) is 0 Å². The van der Waals surface area contributed by atoms with Gasteiger partial charge in [0.15, 0.2) is 11.6 Å². The number of pyridine rings is 1. The molecule has 0 saturated carbocycles. The van der Waals surface area contributed by atoms with Gasteiger partial charge in [-0.15, -0.1) is 5.10 Å². The molecule has 0 atom stereocenters. The van der Waals surface area contributed by atoms with E-state index in [0.29, 0.717) is 17.4 Å². The molecule has 0 fully saturated rings. The van der Waals surface area contributed by atoms with Gasteiger partial charge >= 0.3 is 0 Å². The molecule has 32 heavy (non-hydrogen) atoms. The van der Waals surface area contributed by atoms with Gasteiger partial charge in [-0.05, 0) is 30.7 Å². The number of aryl methyl sites for hydroxylation is 3. The molecule has 10 nitrogen and oxygen atoms in total. The number of nitrogens with zero attached hydrogens (tertiary/aromatic N) is 9. The molecule has 5 heterocycles. The van der Waals surface area contributed by atoms with Crippen molar-refractivity contribution in [2.45, 2.75) is 6.92 Å². The van der Waals surface area contributed by atoms with Crippen LogP contribution in [0.15, 0.2) is 49.2 Å². The van der Waals surface area contributed by atoms with Crippen LogP contribution in [0.1, 0.15) is 5.56 Å². The average molecular weight is 429 g/mol. The smallest absolute Gasteiger partial charge is 0.218 e. The molecule has 0 aliphatic rings. The fourth-order valence-electron chi connectivity index (χ4n) is 3.74. The van der Waals surface area contributed by atoms with E-state index in [2.05, 4.69) is 22.0 Å². The molecular weight excluding hydrogens is 406 g/mol. The number of imidazole rings is 1. The monoisotopic (exact) mass is 429 g/mol. The van der Waals surface area contributed by atoms with E-state index < -0.39 is 0 Å². The molecule has 0 unspecified atom stereocenters. The van der Waals surface area contributed by atoms with E-state index in [0.717, 1.165) is 34.0 Å². The van der Waals surface area contributed by atoms with Gasteiger partial charge in [0.2, 0.25) is 5.82 Å². The second-order valence-electron chi connectivity index (χ2n) is 7.57. The lowest BCUT2D eigenvalue weighted by Crippen LogP contribution is -2.16. The van der Waals surface area contributed by atoms with Gasteiger partial charge in [0.05, 0.1) is 19.0 Å². The van der Waals surface area contributed by atoms with E-state index in [1.54, 1.807) is 24.2 Å². The van der Waals surface area contributed by atoms with Gasteiger partial charge in [-0.25, -0.2) is 19.5 Å². The van der Waals surface area contributed by atoms with Gasteiger partial charge in [-0.3, -0.25) is 4.68 Å². The van der Waals surface area contributed by atoms with Crippen LogP contribution in [-0.2, 0) is 14.1 Å². The lowest BCUT2D eigenvalue weighted by molar-refractivity contribution is 0.413. The highest BCUT2D eigenvalue weighted by Crippen LogP contribution is 2.34. The Morgan fingerprint density at radius 1 is 1.03 bits per heavy atom. The van der Waals surface area contributed by atoms with Crippen LogP contribution in [0.25, 0.3) is 28.4 Å². The zero-order valence-electron chi connectivity index (χ0n) is 18.6. The number of fused-ring (bicyclic) bond motifs is 1. The van der Waals surface area contributed by atoms with Crippen molar-refractivity contribution in [1.29, 1.82) is 0 Å². The number of ether oxygens (including phenoxy) is 1. The standard InChI is InChI=1S/C22H23N9O/c1-14-16(17-8-10-29(3)26-17)13-31-19(14)21(25-20(27-31)22-23-9-11-28(22)2)30(4)18-7-6-15(32-5)12-24-18/h6-13H,1-5H3. The maximum Gasteiger partial charge on any atom is 0.218 e. The number of aromatic nitrogens is 8. The van der Waals surface area contributed by atoms with E-state index in [1.807, 2.05) is 71.9 Å². The molecule has 5 rings (SSSR count). The zero-order chi connectivity index (χ0) is 22.4. The lowest BCUT2D eigenvalue weighted by atomic mass is 10.1. The molecule has 5 aromatic heterocycles. The van der Waals surface area contributed by atoms with Crippen molar-refractivity contribution >= 4 is 17.2 Å². The first-order chi connectivity index (χ1) is 15.5. The van der Waals surface area contributed by atoms with Gasteiger partial charge in [-0.2, -0.15) is 5.10 Å². The van der Waals surface area contributed by atoms with Crippen molar-refractivity contribution < 1.29 is 4.74 Å². The minimum absolute atomic E-state index is 0.517. The van der Waals surface area contributed by atoms with E-state index >= 15 is 0 Å². The summed E-state index contributed by atoms with van der Waals surface area (Å²) in [6.45, 7) is 2.06. The summed E-state index contributed by atoms with van der Waals surface area (Å²) in [4.78, 5) is 15.8. The number of methoxy groups -OCH3 is 1. The summed E-state index contributed by atoms with van der Waals surface area (Å²) in [6, 6.07) is 5.76. The second kappa shape index (κ2) is 7.49. The maximum absolute atomic E-state index is 5.25. The molecule has 0 amide bonds. The Bertz CT molecular complexity index is 1410. The molecule has 0 aliphatic carbocycles. The molecule has 0 saturated heterocycles. The average Bonchev–Trinajstić information content (AvgIpc) is 3.51. The molecule has 0 N–H and O–H groups in total. The molecule has 10 heteroatoms. The maximum atomic E-state index is 5.25. The van der Waals surface area contributed by atoms with Crippen LogP contribution in [0.3, 0.4) is 0 Å². The summed E-state index contributed by atoms with van der Waals surface area (Å²) in [5.41, 5.74) is 3.79.